The summed E-state index contributed by atoms with van der Waals surface area (Å²) in [6, 6.07) is 0.657. The number of alkyl halides is 2. The average molecular weight is 256 g/mol. The van der Waals surface area contributed by atoms with E-state index in [1.54, 1.807) is 0 Å². The summed E-state index contributed by atoms with van der Waals surface area (Å²) in [5.74, 6) is -2.10. The van der Waals surface area contributed by atoms with Crippen molar-refractivity contribution in [1.29, 1.82) is 0 Å². The molecule has 0 radical (unpaired) electrons. The van der Waals surface area contributed by atoms with Crippen molar-refractivity contribution < 1.29 is 13.6 Å². The lowest BCUT2D eigenvalue weighted by Crippen LogP contribution is -2.39. The molecule has 1 saturated carbocycles. The first-order valence-electron chi connectivity index (χ1n) is 6.97. The van der Waals surface area contributed by atoms with Crippen molar-refractivity contribution >= 4 is 5.91 Å². The second-order valence-corrected chi connectivity index (χ2v) is 6.37. The van der Waals surface area contributed by atoms with E-state index in [2.05, 4.69) is 5.32 Å². The largest absolute Gasteiger partial charge is 0.336 e. The van der Waals surface area contributed by atoms with Gasteiger partial charge in [-0.2, -0.15) is 0 Å². The van der Waals surface area contributed by atoms with E-state index in [0.717, 1.165) is 25.9 Å². The SMILES string of the molecule is O=C(C[C@@H]1CC1(F)F)N1[C@@H]2CC[C@H]1[C@H]1CNC[C@H]12. The molecule has 100 valence electrons. The van der Waals surface area contributed by atoms with Crippen LogP contribution in [0.1, 0.15) is 25.7 Å². The van der Waals surface area contributed by atoms with Gasteiger partial charge >= 0.3 is 0 Å². The minimum atomic E-state index is -2.56. The second kappa shape index (κ2) is 3.44. The lowest BCUT2D eigenvalue weighted by atomic mass is 9.82. The molecule has 1 aliphatic carbocycles. The summed E-state index contributed by atoms with van der Waals surface area (Å²) in [5, 5.41) is 3.39. The predicted molar refractivity (Wildman–Crippen MR) is 61.2 cm³/mol. The van der Waals surface area contributed by atoms with Gasteiger partial charge in [-0.05, 0) is 24.7 Å². The number of nitrogens with zero attached hydrogens (tertiary/aromatic N) is 1. The van der Waals surface area contributed by atoms with E-state index >= 15 is 0 Å². The van der Waals surface area contributed by atoms with Crippen LogP contribution in [0.5, 0.6) is 0 Å². The first-order valence-corrected chi connectivity index (χ1v) is 6.97. The molecule has 5 heteroatoms. The lowest BCUT2D eigenvalue weighted by Gasteiger charge is -2.24. The number of amides is 1. The van der Waals surface area contributed by atoms with E-state index in [1.165, 1.54) is 0 Å². The van der Waals surface area contributed by atoms with Crippen molar-refractivity contribution in [3.8, 4) is 0 Å². The first kappa shape index (κ1) is 11.1. The molecule has 4 fully saturated rings. The Hall–Kier alpha value is -0.710. The number of carbonyl (C=O) groups is 1. The third-order valence-corrected chi connectivity index (χ3v) is 5.44. The molecule has 3 saturated heterocycles. The fourth-order valence-corrected chi connectivity index (χ4v) is 4.45. The van der Waals surface area contributed by atoms with E-state index in [1.807, 2.05) is 4.90 Å². The van der Waals surface area contributed by atoms with Crippen molar-refractivity contribution in [2.24, 2.45) is 17.8 Å². The van der Waals surface area contributed by atoms with Crippen LogP contribution in [0.2, 0.25) is 0 Å². The van der Waals surface area contributed by atoms with Gasteiger partial charge in [-0.25, -0.2) is 8.78 Å². The van der Waals surface area contributed by atoms with Crippen LogP contribution in [0.3, 0.4) is 0 Å². The molecule has 2 bridgehead atoms. The summed E-state index contributed by atoms with van der Waals surface area (Å²) in [6.07, 6.45) is 2.11. The third-order valence-electron chi connectivity index (χ3n) is 5.44. The molecule has 4 aliphatic rings. The van der Waals surface area contributed by atoms with Gasteiger partial charge in [0.15, 0.2) is 0 Å². The highest BCUT2D eigenvalue weighted by atomic mass is 19.3. The molecule has 0 spiro atoms. The van der Waals surface area contributed by atoms with Gasteiger partial charge in [0, 0.05) is 43.9 Å². The van der Waals surface area contributed by atoms with Crippen molar-refractivity contribution in [1.82, 2.24) is 10.2 Å². The maximum atomic E-state index is 12.9. The Bertz CT molecular complexity index is 382. The summed E-state index contributed by atoms with van der Waals surface area (Å²) >= 11 is 0. The zero-order chi connectivity index (χ0) is 12.5. The minimum absolute atomic E-state index is 0.0147. The zero-order valence-electron chi connectivity index (χ0n) is 10.2. The van der Waals surface area contributed by atoms with E-state index in [-0.39, 0.29) is 18.7 Å². The fraction of sp³-hybridized carbons (Fsp3) is 0.923. The maximum Gasteiger partial charge on any atom is 0.252 e. The summed E-state index contributed by atoms with van der Waals surface area (Å²) in [4.78, 5) is 14.2. The van der Waals surface area contributed by atoms with Crippen LogP contribution in [0.4, 0.5) is 8.78 Å². The number of hydrogen-bond acceptors (Lipinski definition) is 2. The van der Waals surface area contributed by atoms with Crippen LogP contribution in [-0.4, -0.2) is 41.9 Å². The van der Waals surface area contributed by atoms with Crippen LogP contribution < -0.4 is 5.32 Å². The molecule has 18 heavy (non-hydrogen) atoms. The Morgan fingerprint density at radius 2 is 1.78 bits per heavy atom. The van der Waals surface area contributed by atoms with Gasteiger partial charge in [0.25, 0.3) is 5.92 Å². The third kappa shape index (κ3) is 1.40. The molecule has 1 amide bonds. The molecule has 3 nitrogen and oxygen atoms in total. The number of rotatable bonds is 2. The molecular weight excluding hydrogens is 238 g/mol. The van der Waals surface area contributed by atoms with Gasteiger partial charge in [-0.15, -0.1) is 0 Å². The summed E-state index contributed by atoms with van der Waals surface area (Å²) < 4.78 is 25.8. The Kier molecular flexibility index (Phi) is 2.13. The van der Waals surface area contributed by atoms with Crippen LogP contribution in [-0.2, 0) is 4.79 Å². The Labute approximate surface area is 105 Å². The minimum Gasteiger partial charge on any atom is -0.336 e. The highest BCUT2D eigenvalue weighted by Crippen LogP contribution is 2.53. The van der Waals surface area contributed by atoms with Crippen molar-refractivity contribution in [2.75, 3.05) is 13.1 Å². The van der Waals surface area contributed by atoms with Crippen LogP contribution >= 0.6 is 0 Å². The monoisotopic (exact) mass is 256 g/mol. The normalized spacial score (nSPS) is 47.4. The quantitative estimate of drug-likeness (QED) is 0.806. The highest BCUT2D eigenvalue weighted by molar-refractivity contribution is 5.78. The Balaban J connectivity index is 1.48. The van der Waals surface area contributed by atoms with Gasteiger partial charge in [-0.3, -0.25) is 4.79 Å². The molecule has 0 aromatic carbocycles. The van der Waals surface area contributed by atoms with Gasteiger partial charge < -0.3 is 10.2 Å². The molecule has 0 aromatic rings. The van der Waals surface area contributed by atoms with Crippen LogP contribution in [0.25, 0.3) is 0 Å². The zero-order valence-corrected chi connectivity index (χ0v) is 10.2. The number of carbonyl (C=O) groups excluding carboxylic acids is 1. The lowest BCUT2D eigenvalue weighted by molar-refractivity contribution is -0.133. The van der Waals surface area contributed by atoms with Crippen LogP contribution in [0, 0.1) is 17.8 Å². The standard InChI is InChI=1S/C13H18F2N2O/c14-13(15)4-7(13)3-12(18)17-10-1-2-11(17)9-6-16-5-8(9)10/h7-11,16H,1-6H2/t7-,8-,9+,10-,11+/m1/s1. The number of nitrogens with one attached hydrogen (secondary N) is 1. The summed E-state index contributed by atoms with van der Waals surface area (Å²) in [6.45, 7) is 1.99. The molecule has 3 aliphatic heterocycles. The van der Waals surface area contributed by atoms with Crippen molar-refractivity contribution in [3.05, 3.63) is 0 Å². The number of fused-ring (bicyclic) bond motifs is 5. The highest BCUT2D eigenvalue weighted by Gasteiger charge is 2.60. The molecular formula is C13H18F2N2O. The molecule has 3 heterocycles. The van der Waals surface area contributed by atoms with Crippen molar-refractivity contribution in [3.63, 3.8) is 0 Å². The molecule has 4 rings (SSSR count). The molecule has 0 unspecified atom stereocenters. The molecule has 1 N–H and O–H groups in total. The van der Waals surface area contributed by atoms with Gasteiger partial charge in [-0.1, -0.05) is 0 Å². The summed E-state index contributed by atoms with van der Waals surface area (Å²) in [7, 11) is 0. The molecule has 5 atom stereocenters. The topological polar surface area (TPSA) is 32.3 Å². The van der Waals surface area contributed by atoms with Crippen molar-refractivity contribution in [2.45, 2.75) is 43.7 Å². The van der Waals surface area contributed by atoms with E-state index < -0.39 is 11.8 Å². The average Bonchev–Trinajstić information content (AvgIpc) is 2.83. The van der Waals surface area contributed by atoms with Gasteiger partial charge in [0.05, 0.1) is 0 Å². The first-order chi connectivity index (χ1) is 8.58. The van der Waals surface area contributed by atoms with E-state index in [0.29, 0.717) is 23.9 Å². The van der Waals surface area contributed by atoms with E-state index in [4.69, 9.17) is 0 Å². The second-order valence-electron chi connectivity index (χ2n) is 6.37. The smallest absolute Gasteiger partial charge is 0.252 e. The summed E-state index contributed by atoms with van der Waals surface area (Å²) in [5.41, 5.74) is 0. The molecule has 0 aromatic heterocycles. The van der Waals surface area contributed by atoms with Gasteiger partial charge in [0.2, 0.25) is 5.91 Å². The Morgan fingerprint density at radius 1 is 1.22 bits per heavy atom. The predicted octanol–water partition coefficient (Wildman–Crippen LogP) is 1.24. The van der Waals surface area contributed by atoms with Crippen LogP contribution in [0.15, 0.2) is 0 Å². The number of halogens is 2. The number of hydrogen-bond donors (Lipinski definition) is 1. The van der Waals surface area contributed by atoms with E-state index in [9.17, 15) is 13.6 Å². The Morgan fingerprint density at radius 3 is 2.28 bits per heavy atom. The van der Waals surface area contributed by atoms with Gasteiger partial charge in [0.1, 0.15) is 0 Å². The maximum absolute atomic E-state index is 12.9. The fourth-order valence-electron chi connectivity index (χ4n) is 4.45.